The molecule has 1 aliphatic carbocycles. The lowest BCUT2D eigenvalue weighted by molar-refractivity contribution is 0.0718. The number of nitrogens with one attached hydrogen (secondary N) is 1. The molecule has 4 unspecified atom stereocenters. The van der Waals surface area contributed by atoms with Crippen molar-refractivity contribution in [2.24, 2.45) is 17.8 Å². The summed E-state index contributed by atoms with van der Waals surface area (Å²) in [7, 11) is 0. The quantitative estimate of drug-likeness (QED) is 0.781. The molecular formula is C16H32N2. The molecule has 2 fully saturated rings. The highest BCUT2D eigenvalue weighted by Crippen LogP contribution is 2.32. The van der Waals surface area contributed by atoms with Gasteiger partial charge in [-0.05, 0) is 30.6 Å². The van der Waals surface area contributed by atoms with E-state index in [1.54, 1.807) is 0 Å². The predicted octanol–water partition coefficient (Wildman–Crippen LogP) is 3.13. The van der Waals surface area contributed by atoms with Gasteiger partial charge in [-0.3, -0.25) is 4.90 Å². The van der Waals surface area contributed by atoms with Crippen LogP contribution in [0.2, 0.25) is 0 Å². The molecule has 1 N–H and O–H groups in total. The summed E-state index contributed by atoms with van der Waals surface area (Å²) in [5, 5.41) is 3.82. The van der Waals surface area contributed by atoms with Gasteiger partial charge in [-0.2, -0.15) is 0 Å². The van der Waals surface area contributed by atoms with E-state index in [9.17, 15) is 0 Å². The van der Waals surface area contributed by atoms with Crippen LogP contribution >= 0.6 is 0 Å². The molecule has 0 bridgehead atoms. The zero-order chi connectivity index (χ0) is 13.1. The van der Waals surface area contributed by atoms with Crippen molar-refractivity contribution in [2.75, 3.05) is 19.6 Å². The van der Waals surface area contributed by atoms with E-state index in [0.29, 0.717) is 6.04 Å². The van der Waals surface area contributed by atoms with Crippen LogP contribution in [0.15, 0.2) is 0 Å². The summed E-state index contributed by atoms with van der Waals surface area (Å²) in [5.41, 5.74) is 0. The third-order valence-electron chi connectivity index (χ3n) is 5.31. The lowest BCUT2D eigenvalue weighted by atomic mass is 9.90. The fourth-order valence-electron chi connectivity index (χ4n) is 3.19. The maximum Gasteiger partial charge on any atom is 0.0247 e. The fourth-order valence-corrected chi connectivity index (χ4v) is 3.19. The molecule has 0 radical (unpaired) electrons. The van der Waals surface area contributed by atoms with Crippen LogP contribution in [0.1, 0.15) is 53.4 Å². The van der Waals surface area contributed by atoms with Crippen molar-refractivity contribution in [2.45, 2.75) is 65.5 Å². The van der Waals surface area contributed by atoms with Crippen LogP contribution in [0, 0.1) is 17.8 Å². The van der Waals surface area contributed by atoms with Crippen LogP contribution in [0.4, 0.5) is 0 Å². The molecule has 1 saturated carbocycles. The summed E-state index contributed by atoms with van der Waals surface area (Å²) in [6.45, 7) is 13.3. The van der Waals surface area contributed by atoms with Crippen LogP contribution in [0.5, 0.6) is 0 Å². The maximum absolute atomic E-state index is 3.82. The minimum atomic E-state index is 0.717. The Bertz CT molecular complexity index is 249. The van der Waals surface area contributed by atoms with Crippen molar-refractivity contribution in [1.29, 1.82) is 0 Å². The Morgan fingerprint density at radius 2 is 1.78 bits per heavy atom. The largest absolute Gasteiger partial charge is 0.311 e. The van der Waals surface area contributed by atoms with Gasteiger partial charge in [0, 0.05) is 31.7 Å². The second kappa shape index (κ2) is 6.38. The standard InChI is InChI=1S/C16H32N2/c1-5-12(3)15-11-18(10-14-7-8-14)16(9-17-15)13(4)6-2/h12-17H,5-11H2,1-4H3. The number of piperazine rings is 1. The highest BCUT2D eigenvalue weighted by Gasteiger charge is 2.35. The Labute approximate surface area is 114 Å². The van der Waals surface area contributed by atoms with E-state index in [1.807, 2.05) is 0 Å². The van der Waals surface area contributed by atoms with Gasteiger partial charge in [0.15, 0.2) is 0 Å². The second-order valence-corrected chi connectivity index (χ2v) is 6.75. The molecule has 1 aliphatic heterocycles. The smallest absolute Gasteiger partial charge is 0.0247 e. The molecule has 2 heteroatoms. The highest BCUT2D eigenvalue weighted by atomic mass is 15.2. The van der Waals surface area contributed by atoms with Crippen molar-refractivity contribution in [3.63, 3.8) is 0 Å². The Morgan fingerprint density at radius 1 is 1.11 bits per heavy atom. The Hall–Kier alpha value is -0.0800. The van der Waals surface area contributed by atoms with Crippen LogP contribution in [-0.4, -0.2) is 36.6 Å². The van der Waals surface area contributed by atoms with Gasteiger partial charge in [0.2, 0.25) is 0 Å². The van der Waals surface area contributed by atoms with Crippen LogP contribution in [0.3, 0.4) is 0 Å². The summed E-state index contributed by atoms with van der Waals surface area (Å²) in [5.74, 6) is 2.66. The first kappa shape index (κ1) is 14.3. The van der Waals surface area contributed by atoms with Crippen molar-refractivity contribution in [3.05, 3.63) is 0 Å². The van der Waals surface area contributed by atoms with Gasteiger partial charge < -0.3 is 5.32 Å². The first-order valence-electron chi connectivity index (χ1n) is 8.13. The predicted molar refractivity (Wildman–Crippen MR) is 78.8 cm³/mol. The molecule has 4 atom stereocenters. The third-order valence-corrected chi connectivity index (χ3v) is 5.31. The van der Waals surface area contributed by atoms with Crippen molar-refractivity contribution >= 4 is 0 Å². The zero-order valence-corrected chi connectivity index (χ0v) is 12.8. The first-order valence-corrected chi connectivity index (χ1v) is 8.13. The van der Waals surface area contributed by atoms with Gasteiger partial charge in [0.25, 0.3) is 0 Å². The van der Waals surface area contributed by atoms with Gasteiger partial charge in [-0.1, -0.05) is 40.5 Å². The molecule has 0 aromatic heterocycles. The summed E-state index contributed by atoms with van der Waals surface area (Å²) < 4.78 is 0. The van der Waals surface area contributed by atoms with Crippen LogP contribution in [0.25, 0.3) is 0 Å². The van der Waals surface area contributed by atoms with Crippen LogP contribution < -0.4 is 5.32 Å². The monoisotopic (exact) mass is 252 g/mol. The van der Waals surface area contributed by atoms with E-state index in [0.717, 1.165) is 23.8 Å². The number of nitrogens with zero attached hydrogens (tertiary/aromatic N) is 1. The molecule has 0 aromatic rings. The average molecular weight is 252 g/mol. The Morgan fingerprint density at radius 3 is 2.33 bits per heavy atom. The van der Waals surface area contributed by atoms with Gasteiger partial charge in [0.1, 0.15) is 0 Å². The maximum atomic E-state index is 3.82. The minimum Gasteiger partial charge on any atom is -0.311 e. The van der Waals surface area contributed by atoms with Crippen molar-refractivity contribution in [1.82, 2.24) is 10.2 Å². The van der Waals surface area contributed by atoms with E-state index >= 15 is 0 Å². The molecule has 0 spiro atoms. The summed E-state index contributed by atoms with van der Waals surface area (Å²) >= 11 is 0. The van der Waals surface area contributed by atoms with E-state index in [2.05, 4.69) is 37.9 Å². The summed E-state index contributed by atoms with van der Waals surface area (Å²) in [4.78, 5) is 2.82. The fraction of sp³-hybridized carbons (Fsp3) is 1.00. The van der Waals surface area contributed by atoms with Gasteiger partial charge in [-0.15, -0.1) is 0 Å². The second-order valence-electron chi connectivity index (χ2n) is 6.75. The van der Waals surface area contributed by atoms with E-state index < -0.39 is 0 Å². The molecule has 18 heavy (non-hydrogen) atoms. The normalized spacial score (nSPS) is 33.3. The molecule has 1 saturated heterocycles. The van der Waals surface area contributed by atoms with Crippen LogP contribution in [-0.2, 0) is 0 Å². The molecule has 1 heterocycles. The van der Waals surface area contributed by atoms with Gasteiger partial charge in [-0.25, -0.2) is 0 Å². The number of rotatable bonds is 6. The average Bonchev–Trinajstić information content (AvgIpc) is 3.20. The molecule has 2 rings (SSSR count). The molecular weight excluding hydrogens is 220 g/mol. The van der Waals surface area contributed by atoms with Gasteiger partial charge >= 0.3 is 0 Å². The first-order chi connectivity index (χ1) is 8.65. The molecule has 2 aliphatic rings. The van der Waals surface area contributed by atoms with E-state index in [4.69, 9.17) is 0 Å². The lowest BCUT2D eigenvalue weighted by Gasteiger charge is -2.45. The molecule has 0 amide bonds. The molecule has 106 valence electrons. The number of hydrogen-bond donors (Lipinski definition) is 1. The summed E-state index contributed by atoms with van der Waals surface area (Å²) in [6, 6.07) is 1.49. The topological polar surface area (TPSA) is 15.3 Å². The van der Waals surface area contributed by atoms with Crippen molar-refractivity contribution < 1.29 is 0 Å². The summed E-state index contributed by atoms with van der Waals surface area (Å²) in [6.07, 6.45) is 5.56. The zero-order valence-electron chi connectivity index (χ0n) is 12.8. The lowest BCUT2D eigenvalue weighted by Crippen LogP contribution is -2.60. The van der Waals surface area contributed by atoms with E-state index in [-0.39, 0.29) is 0 Å². The number of hydrogen-bond acceptors (Lipinski definition) is 2. The minimum absolute atomic E-state index is 0.717. The Balaban J connectivity index is 1.95. The molecule has 0 aromatic carbocycles. The SMILES string of the molecule is CCC(C)C1CN(CC2CC2)C(C(C)CC)CN1. The third kappa shape index (κ3) is 3.48. The highest BCUT2D eigenvalue weighted by molar-refractivity contribution is 4.92. The van der Waals surface area contributed by atoms with Gasteiger partial charge in [0.05, 0.1) is 0 Å². The van der Waals surface area contributed by atoms with E-state index in [1.165, 1.54) is 45.3 Å². The van der Waals surface area contributed by atoms with Crippen molar-refractivity contribution in [3.8, 4) is 0 Å². The Kier molecular flexibility index (Phi) is 5.08. The molecule has 2 nitrogen and oxygen atoms in total.